The zero-order valence-electron chi connectivity index (χ0n) is 5.86. The van der Waals surface area contributed by atoms with Gasteiger partial charge in [0.25, 0.3) is 0 Å². The van der Waals surface area contributed by atoms with Crippen LogP contribution in [0.1, 0.15) is 6.42 Å². The van der Waals surface area contributed by atoms with Gasteiger partial charge in [-0.15, -0.1) is 0 Å². The molecule has 0 unspecified atom stereocenters. The van der Waals surface area contributed by atoms with Crippen LogP contribution in [-0.4, -0.2) is 47.9 Å². The highest BCUT2D eigenvalue weighted by molar-refractivity contribution is 4.53. The molecule has 0 rings (SSSR count). The van der Waals surface area contributed by atoms with Gasteiger partial charge < -0.3 is 20.1 Å². The van der Waals surface area contributed by atoms with Crippen LogP contribution in [0.15, 0.2) is 0 Å². The minimum absolute atomic E-state index is 0.00332. The Kier molecular flexibility index (Phi) is 6.84. The topological polar surface area (TPSA) is 69.9 Å². The highest BCUT2D eigenvalue weighted by Crippen LogP contribution is 1.95. The predicted octanol–water partition coefficient (Wildman–Crippen LogP) is -1.26. The molecule has 0 amide bonds. The summed E-state index contributed by atoms with van der Waals surface area (Å²) in [4.78, 5) is 0. The van der Waals surface area contributed by atoms with E-state index in [9.17, 15) is 0 Å². The van der Waals surface area contributed by atoms with Crippen molar-refractivity contribution >= 4 is 0 Å². The average Bonchev–Trinajstić information content (AvgIpc) is 1.98. The third-order valence-corrected chi connectivity index (χ3v) is 1.10. The summed E-state index contributed by atoms with van der Waals surface area (Å²) >= 11 is 0. The molecule has 0 aromatic heterocycles. The lowest BCUT2D eigenvalue weighted by Crippen LogP contribution is -2.20. The monoisotopic (exact) mass is 150 g/mol. The van der Waals surface area contributed by atoms with Crippen LogP contribution >= 0.6 is 0 Å². The van der Waals surface area contributed by atoms with E-state index < -0.39 is 0 Å². The van der Waals surface area contributed by atoms with Crippen molar-refractivity contribution in [2.24, 2.45) is 0 Å². The largest absolute Gasteiger partial charge is 0.396 e. The van der Waals surface area contributed by atoms with Crippen molar-refractivity contribution in [2.75, 3.05) is 26.4 Å². The molecule has 0 fully saturated rings. The summed E-state index contributed by atoms with van der Waals surface area (Å²) < 4.78 is 4.92. The molecule has 10 heavy (non-hydrogen) atoms. The Labute approximate surface area is 60.1 Å². The van der Waals surface area contributed by atoms with Gasteiger partial charge in [0, 0.05) is 6.61 Å². The van der Waals surface area contributed by atoms with Gasteiger partial charge in [-0.1, -0.05) is 0 Å². The molecule has 1 atom stereocenters. The maximum atomic E-state index is 8.57. The Morgan fingerprint density at radius 3 is 2.20 bits per heavy atom. The summed E-state index contributed by atoms with van der Waals surface area (Å²) in [6.45, 7) is 0.0460. The van der Waals surface area contributed by atoms with Crippen LogP contribution < -0.4 is 0 Å². The molecule has 0 bridgehead atoms. The molecular formula is C6H14O4. The number of aliphatic hydroxyl groups is 3. The molecule has 0 aliphatic rings. The van der Waals surface area contributed by atoms with Crippen molar-refractivity contribution in [1.82, 2.24) is 0 Å². The van der Waals surface area contributed by atoms with Crippen molar-refractivity contribution in [3.63, 3.8) is 0 Å². The fourth-order valence-electron chi connectivity index (χ4n) is 0.591. The van der Waals surface area contributed by atoms with Gasteiger partial charge in [-0.25, -0.2) is 0 Å². The Hall–Kier alpha value is -0.160. The Bertz CT molecular complexity index is 66.8. The van der Waals surface area contributed by atoms with Crippen molar-refractivity contribution < 1.29 is 20.1 Å². The minimum Gasteiger partial charge on any atom is -0.396 e. The summed E-state index contributed by atoms with van der Waals surface area (Å²) in [5, 5.41) is 25.3. The molecule has 0 saturated heterocycles. The van der Waals surface area contributed by atoms with Gasteiger partial charge in [0.05, 0.1) is 25.9 Å². The Morgan fingerprint density at radius 2 is 1.80 bits per heavy atom. The number of ether oxygens (including phenoxy) is 1. The molecule has 4 nitrogen and oxygen atoms in total. The third kappa shape index (κ3) is 4.69. The lowest BCUT2D eigenvalue weighted by atomic mass is 10.3. The maximum Gasteiger partial charge on any atom is 0.0828 e. The molecule has 0 aliphatic carbocycles. The molecule has 4 heteroatoms. The first kappa shape index (κ1) is 9.84. The first-order valence-electron chi connectivity index (χ1n) is 3.29. The second-order valence-electron chi connectivity index (χ2n) is 1.91. The van der Waals surface area contributed by atoms with Crippen LogP contribution in [0.4, 0.5) is 0 Å². The van der Waals surface area contributed by atoms with Gasteiger partial charge in [-0.2, -0.15) is 0 Å². The van der Waals surface area contributed by atoms with Crippen molar-refractivity contribution in [2.45, 2.75) is 12.5 Å². The molecule has 3 N–H and O–H groups in total. The van der Waals surface area contributed by atoms with Gasteiger partial charge in [0.2, 0.25) is 0 Å². The molecular weight excluding hydrogens is 136 g/mol. The molecule has 0 spiro atoms. The lowest BCUT2D eigenvalue weighted by Gasteiger charge is -2.12. The highest BCUT2D eigenvalue weighted by atomic mass is 16.5. The van der Waals surface area contributed by atoms with Crippen LogP contribution in [0.2, 0.25) is 0 Å². The number of aliphatic hydroxyl groups excluding tert-OH is 3. The van der Waals surface area contributed by atoms with Crippen LogP contribution in [0.25, 0.3) is 0 Å². The zero-order valence-corrected chi connectivity index (χ0v) is 5.86. The first-order valence-corrected chi connectivity index (χ1v) is 3.29. The molecule has 0 aromatic rings. The van der Waals surface area contributed by atoms with Gasteiger partial charge >= 0.3 is 0 Å². The standard InChI is InChI=1S/C6H14O4/c7-2-1-6(5-9)10-4-3-8/h6-9H,1-5H2/t6-/m0/s1. The Balaban J connectivity index is 3.21. The van der Waals surface area contributed by atoms with Crippen molar-refractivity contribution in [1.29, 1.82) is 0 Å². The molecule has 0 saturated carbocycles. The van der Waals surface area contributed by atoms with Crippen LogP contribution in [0.3, 0.4) is 0 Å². The maximum absolute atomic E-state index is 8.57. The van der Waals surface area contributed by atoms with Crippen LogP contribution in [0.5, 0.6) is 0 Å². The van der Waals surface area contributed by atoms with E-state index in [2.05, 4.69) is 0 Å². The molecule has 0 aliphatic heterocycles. The average molecular weight is 150 g/mol. The number of hydrogen-bond donors (Lipinski definition) is 3. The van der Waals surface area contributed by atoms with Crippen molar-refractivity contribution in [3.8, 4) is 0 Å². The lowest BCUT2D eigenvalue weighted by molar-refractivity contribution is -0.0148. The summed E-state index contributed by atoms with van der Waals surface area (Å²) in [6.07, 6.45) is 0.0772. The Morgan fingerprint density at radius 1 is 1.10 bits per heavy atom. The second kappa shape index (κ2) is 6.95. The number of hydrogen-bond acceptors (Lipinski definition) is 4. The summed E-state index contributed by atoms with van der Waals surface area (Å²) in [6, 6.07) is 0. The molecule has 0 aromatic carbocycles. The highest BCUT2D eigenvalue weighted by Gasteiger charge is 2.04. The summed E-state index contributed by atoms with van der Waals surface area (Å²) in [5.74, 6) is 0. The van der Waals surface area contributed by atoms with Crippen LogP contribution in [-0.2, 0) is 4.74 Å². The van der Waals surface area contributed by atoms with E-state index in [0.29, 0.717) is 6.42 Å². The van der Waals surface area contributed by atoms with Gasteiger partial charge in [-0.05, 0) is 6.42 Å². The van der Waals surface area contributed by atoms with Gasteiger partial charge in [0.15, 0.2) is 0 Å². The quantitative estimate of drug-likeness (QED) is 0.442. The van der Waals surface area contributed by atoms with E-state index in [1.165, 1.54) is 0 Å². The predicted molar refractivity (Wildman–Crippen MR) is 35.6 cm³/mol. The van der Waals surface area contributed by atoms with E-state index in [1.54, 1.807) is 0 Å². The minimum atomic E-state index is -0.336. The van der Waals surface area contributed by atoms with E-state index in [0.717, 1.165) is 0 Å². The van der Waals surface area contributed by atoms with E-state index in [-0.39, 0.29) is 32.5 Å². The fourth-order valence-corrected chi connectivity index (χ4v) is 0.591. The number of rotatable bonds is 6. The van der Waals surface area contributed by atoms with Gasteiger partial charge in [-0.3, -0.25) is 0 Å². The first-order chi connectivity index (χ1) is 4.85. The normalized spacial score (nSPS) is 13.5. The van der Waals surface area contributed by atoms with Gasteiger partial charge in [0.1, 0.15) is 0 Å². The fraction of sp³-hybridized carbons (Fsp3) is 1.00. The van der Waals surface area contributed by atoms with E-state index in [1.807, 2.05) is 0 Å². The SMILES string of the molecule is OCCO[C@H](CO)CCO. The zero-order chi connectivity index (χ0) is 7.82. The molecule has 0 heterocycles. The smallest absolute Gasteiger partial charge is 0.0828 e. The third-order valence-electron chi connectivity index (χ3n) is 1.10. The molecule has 62 valence electrons. The van der Waals surface area contributed by atoms with E-state index in [4.69, 9.17) is 20.1 Å². The van der Waals surface area contributed by atoms with E-state index >= 15 is 0 Å². The summed E-state index contributed by atoms with van der Waals surface area (Å²) in [7, 11) is 0. The van der Waals surface area contributed by atoms with Crippen LogP contribution in [0, 0.1) is 0 Å². The summed E-state index contributed by atoms with van der Waals surface area (Å²) in [5.41, 5.74) is 0. The van der Waals surface area contributed by atoms with Crippen molar-refractivity contribution in [3.05, 3.63) is 0 Å². The second-order valence-corrected chi connectivity index (χ2v) is 1.91. The molecule has 0 radical (unpaired) electrons.